The van der Waals surface area contributed by atoms with Crippen LogP contribution in [0.3, 0.4) is 0 Å². The molecule has 3 rings (SSSR count). The average molecular weight is 334 g/mol. The number of rotatable bonds is 6. The number of hydrogen-bond acceptors (Lipinski definition) is 4. The Kier molecular flexibility index (Phi) is 5.33. The summed E-state index contributed by atoms with van der Waals surface area (Å²) in [5, 5.41) is 9.25. The summed E-state index contributed by atoms with van der Waals surface area (Å²) >= 11 is 0. The van der Waals surface area contributed by atoms with Gasteiger partial charge in [0.2, 0.25) is 0 Å². The fourth-order valence-corrected chi connectivity index (χ4v) is 2.71. The number of aliphatic hydroxyl groups is 1. The minimum absolute atomic E-state index is 0.0868. The predicted molar refractivity (Wildman–Crippen MR) is 101 cm³/mol. The Morgan fingerprint density at radius 3 is 2.44 bits per heavy atom. The van der Waals surface area contributed by atoms with Crippen molar-refractivity contribution in [1.29, 1.82) is 0 Å². The zero-order chi connectivity index (χ0) is 17.6. The Morgan fingerprint density at radius 2 is 1.68 bits per heavy atom. The Hall–Kier alpha value is -2.82. The number of ether oxygens (including phenoxy) is 1. The van der Waals surface area contributed by atoms with Gasteiger partial charge in [0.25, 0.3) is 0 Å². The van der Waals surface area contributed by atoms with Crippen molar-refractivity contribution in [2.45, 2.75) is 12.6 Å². The molecule has 25 heavy (non-hydrogen) atoms. The van der Waals surface area contributed by atoms with E-state index in [9.17, 15) is 5.11 Å². The lowest BCUT2D eigenvalue weighted by Gasteiger charge is -2.12. The monoisotopic (exact) mass is 334 g/mol. The first-order chi connectivity index (χ1) is 12.2. The van der Waals surface area contributed by atoms with Crippen molar-refractivity contribution >= 4 is 5.69 Å². The third-order valence-electron chi connectivity index (χ3n) is 4.01. The summed E-state index contributed by atoms with van der Waals surface area (Å²) < 4.78 is 5.81. The Labute approximate surface area is 147 Å². The van der Waals surface area contributed by atoms with Crippen molar-refractivity contribution in [2.24, 2.45) is 5.73 Å². The third-order valence-corrected chi connectivity index (χ3v) is 4.01. The molecule has 128 valence electrons. The van der Waals surface area contributed by atoms with Gasteiger partial charge < -0.3 is 21.3 Å². The van der Waals surface area contributed by atoms with E-state index in [0.717, 1.165) is 28.0 Å². The molecule has 0 radical (unpaired) electrons. The molecule has 1 atom stereocenters. The van der Waals surface area contributed by atoms with E-state index < -0.39 is 0 Å². The molecule has 3 aromatic carbocycles. The van der Waals surface area contributed by atoms with Crippen molar-refractivity contribution in [3.63, 3.8) is 0 Å². The molecule has 0 heterocycles. The van der Waals surface area contributed by atoms with Crippen molar-refractivity contribution in [3.05, 3.63) is 83.9 Å². The highest BCUT2D eigenvalue weighted by Gasteiger charge is 2.08. The van der Waals surface area contributed by atoms with Gasteiger partial charge in [-0.15, -0.1) is 0 Å². The topological polar surface area (TPSA) is 81.5 Å². The Morgan fingerprint density at radius 1 is 0.880 bits per heavy atom. The molecule has 4 heteroatoms. The van der Waals surface area contributed by atoms with Gasteiger partial charge in [0.15, 0.2) is 0 Å². The molecule has 0 aliphatic carbocycles. The number of para-hydroxylation sites is 1. The van der Waals surface area contributed by atoms with Gasteiger partial charge in [0.05, 0.1) is 12.6 Å². The van der Waals surface area contributed by atoms with Crippen molar-refractivity contribution in [3.8, 4) is 16.9 Å². The van der Waals surface area contributed by atoms with E-state index >= 15 is 0 Å². The van der Waals surface area contributed by atoms with E-state index in [1.54, 1.807) is 0 Å². The smallest absolute Gasteiger partial charge is 0.119 e. The fraction of sp³-hybridized carbons (Fsp3) is 0.143. The fourth-order valence-electron chi connectivity index (χ4n) is 2.71. The number of aliphatic hydroxyl groups excluding tert-OH is 1. The third kappa shape index (κ3) is 4.38. The Bertz CT molecular complexity index is 834. The molecule has 0 fully saturated rings. The standard InChI is InChI=1S/C21H22N2O2/c22-19-10-15(14-25-20-7-2-1-3-8-20)9-18(12-19)16-5-4-6-17(11-16)21(23)13-24/h1-12,21,24H,13-14,22-23H2. The highest BCUT2D eigenvalue weighted by Crippen LogP contribution is 2.26. The quantitative estimate of drug-likeness (QED) is 0.603. The highest BCUT2D eigenvalue weighted by atomic mass is 16.5. The summed E-state index contributed by atoms with van der Waals surface area (Å²) in [4.78, 5) is 0. The van der Waals surface area contributed by atoms with E-state index in [1.807, 2.05) is 66.7 Å². The second kappa shape index (κ2) is 7.83. The molecule has 0 aliphatic heterocycles. The first-order valence-corrected chi connectivity index (χ1v) is 8.20. The minimum atomic E-state index is -0.387. The van der Waals surface area contributed by atoms with Gasteiger partial charge in [-0.2, -0.15) is 0 Å². The maximum atomic E-state index is 9.25. The molecule has 0 aromatic heterocycles. The second-order valence-corrected chi connectivity index (χ2v) is 5.98. The number of nitrogen functional groups attached to an aromatic ring is 1. The van der Waals surface area contributed by atoms with Crippen molar-refractivity contribution < 1.29 is 9.84 Å². The molecular formula is C21H22N2O2. The number of anilines is 1. The maximum absolute atomic E-state index is 9.25. The van der Waals surface area contributed by atoms with Crippen LogP contribution >= 0.6 is 0 Å². The molecule has 1 unspecified atom stereocenters. The molecule has 4 nitrogen and oxygen atoms in total. The van der Waals surface area contributed by atoms with Crippen LogP contribution in [0.15, 0.2) is 72.8 Å². The molecule has 0 spiro atoms. The van der Waals surface area contributed by atoms with Gasteiger partial charge in [-0.05, 0) is 58.7 Å². The molecule has 3 aromatic rings. The summed E-state index contributed by atoms with van der Waals surface area (Å²) in [5.41, 5.74) is 16.6. The molecule has 0 aliphatic rings. The van der Waals surface area contributed by atoms with E-state index in [0.29, 0.717) is 12.3 Å². The van der Waals surface area contributed by atoms with E-state index in [1.165, 1.54) is 0 Å². The molecule has 0 bridgehead atoms. The molecule has 0 saturated carbocycles. The van der Waals surface area contributed by atoms with Crippen LogP contribution in [0.4, 0.5) is 5.69 Å². The number of benzene rings is 3. The lowest BCUT2D eigenvalue weighted by Crippen LogP contribution is -2.14. The van der Waals surface area contributed by atoms with Crippen LogP contribution in [0, 0.1) is 0 Å². The van der Waals surface area contributed by atoms with Crippen LogP contribution in [-0.2, 0) is 6.61 Å². The normalized spacial score (nSPS) is 11.9. The van der Waals surface area contributed by atoms with E-state index in [2.05, 4.69) is 6.07 Å². The van der Waals surface area contributed by atoms with Gasteiger partial charge in [0.1, 0.15) is 12.4 Å². The van der Waals surface area contributed by atoms with Crippen molar-refractivity contribution in [2.75, 3.05) is 12.3 Å². The van der Waals surface area contributed by atoms with Crippen LogP contribution in [0.5, 0.6) is 5.75 Å². The first kappa shape index (κ1) is 17.0. The molecule has 0 saturated heterocycles. The Balaban J connectivity index is 1.84. The van der Waals surface area contributed by atoms with E-state index in [-0.39, 0.29) is 12.6 Å². The highest BCUT2D eigenvalue weighted by molar-refractivity contribution is 5.69. The van der Waals surface area contributed by atoms with Gasteiger partial charge in [-0.25, -0.2) is 0 Å². The lowest BCUT2D eigenvalue weighted by atomic mass is 9.98. The minimum Gasteiger partial charge on any atom is -0.489 e. The molecule has 0 amide bonds. The van der Waals surface area contributed by atoms with Crippen LogP contribution in [0.2, 0.25) is 0 Å². The number of hydrogen-bond donors (Lipinski definition) is 3. The summed E-state index contributed by atoms with van der Waals surface area (Å²) in [5.74, 6) is 0.822. The summed E-state index contributed by atoms with van der Waals surface area (Å²) in [6.45, 7) is 0.356. The predicted octanol–water partition coefficient (Wildman–Crippen LogP) is 3.51. The van der Waals surface area contributed by atoms with E-state index in [4.69, 9.17) is 16.2 Å². The summed E-state index contributed by atoms with van der Waals surface area (Å²) in [6, 6.07) is 23.0. The van der Waals surface area contributed by atoms with Crippen LogP contribution in [0.1, 0.15) is 17.2 Å². The average Bonchev–Trinajstić information content (AvgIpc) is 2.66. The molecular weight excluding hydrogens is 312 g/mol. The lowest BCUT2D eigenvalue weighted by molar-refractivity contribution is 0.268. The van der Waals surface area contributed by atoms with Gasteiger partial charge in [-0.1, -0.05) is 36.4 Å². The first-order valence-electron chi connectivity index (χ1n) is 8.20. The summed E-state index contributed by atoms with van der Waals surface area (Å²) in [7, 11) is 0. The van der Waals surface area contributed by atoms with Crippen LogP contribution in [0.25, 0.3) is 11.1 Å². The van der Waals surface area contributed by atoms with Crippen LogP contribution in [-0.4, -0.2) is 11.7 Å². The second-order valence-electron chi connectivity index (χ2n) is 5.98. The zero-order valence-electron chi connectivity index (χ0n) is 13.9. The zero-order valence-corrected chi connectivity index (χ0v) is 13.9. The van der Waals surface area contributed by atoms with Gasteiger partial charge in [0, 0.05) is 5.69 Å². The summed E-state index contributed by atoms with van der Waals surface area (Å²) in [6.07, 6.45) is 0. The SMILES string of the molecule is Nc1cc(COc2ccccc2)cc(-c2cccc(C(N)CO)c2)c1. The number of nitrogens with two attached hydrogens (primary N) is 2. The largest absolute Gasteiger partial charge is 0.489 e. The maximum Gasteiger partial charge on any atom is 0.119 e. The van der Waals surface area contributed by atoms with Gasteiger partial charge in [-0.3, -0.25) is 0 Å². The van der Waals surface area contributed by atoms with Crippen molar-refractivity contribution in [1.82, 2.24) is 0 Å². The molecule has 5 N–H and O–H groups in total. The van der Waals surface area contributed by atoms with Gasteiger partial charge >= 0.3 is 0 Å². The van der Waals surface area contributed by atoms with Crippen LogP contribution < -0.4 is 16.2 Å².